The van der Waals surface area contributed by atoms with Crippen molar-refractivity contribution >= 4 is 0 Å². The molecule has 0 amide bonds. The van der Waals surface area contributed by atoms with Gasteiger partial charge in [0.1, 0.15) is 0 Å². The molecule has 2 heteroatoms. The highest BCUT2D eigenvalue weighted by Gasteiger charge is 2.22. The number of aliphatic hydroxyl groups excluding tert-OH is 1. The van der Waals surface area contributed by atoms with Crippen LogP contribution in [0.3, 0.4) is 0 Å². The Kier molecular flexibility index (Phi) is 10.1. The molecule has 0 radical (unpaired) electrons. The van der Waals surface area contributed by atoms with E-state index in [1.165, 1.54) is 0 Å². The molecule has 0 heterocycles. The van der Waals surface area contributed by atoms with Crippen LogP contribution in [-0.2, 0) is 0 Å². The maximum absolute atomic E-state index is 9.57. The standard InChI is InChI=1S/C9H21NO.C2H6/c1-5-6(2)7(3)9(11)8(4)10;1-2/h6-9,11H,5,10H2,1-4H3;1-2H3. The number of nitrogens with two attached hydrogens (primary N) is 1. The molecule has 0 saturated heterocycles. The monoisotopic (exact) mass is 189 g/mol. The van der Waals surface area contributed by atoms with Gasteiger partial charge in [-0.25, -0.2) is 0 Å². The summed E-state index contributed by atoms with van der Waals surface area (Å²) in [5.41, 5.74) is 5.58. The Balaban J connectivity index is 0. The van der Waals surface area contributed by atoms with Crippen LogP contribution in [0.2, 0.25) is 0 Å². The van der Waals surface area contributed by atoms with Crippen molar-refractivity contribution in [2.75, 3.05) is 0 Å². The number of rotatable bonds is 4. The molecule has 3 N–H and O–H groups in total. The van der Waals surface area contributed by atoms with Crippen LogP contribution in [0.25, 0.3) is 0 Å². The van der Waals surface area contributed by atoms with Gasteiger partial charge in [-0.05, 0) is 18.8 Å². The lowest BCUT2D eigenvalue weighted by molar-refractivity contribution is 0.0679. The Hall–Kier alpha value is -0.0800. The summed E-state index contributed by atoms with van der Waals surface area (Å²) in [6.45, 7) is 12.2. The minimum absolute atomic E-state index is 0.112. The summed E-state index contributed by atoms with van der Waals surface area (Å²) in [4.78, 5) is 0. The van der Waals surface area contributed by atoms with Crippen molar-refractivity contribution in [3.63, 3.8) is 0 Å². The molecule has 0 fully saturated rings. The molecule has 13 heavy (non-hydrogen) atoms. The third-order valence-electron chi connectivity index (χ3n) is 2.62. The van der Waals surface area contributed by atoms with Crippen LogP contribution in [-0.4, -0.2) is 17.3 Å². The van der Waals surface area contributed by atoms with E-state index >= 15 is 0 Å². The summed E-state index contributed by atoms with van der Waals surface area (Å²) in [6.07, 6.45) is 0.746. The highest BCUT2D eigenvalue weighted by molar-refractivity contribution is 4.75. The molecule has 0 aliphatic carbocycles. The maximum Gasteiger partial charge on any atom is 0.0716 e. The van der Waals surface area contributed by atoms with E-state index in [9.17, 15) is 5.11 Å². The second-order valence-electron chi connectivity index (χ2n) is 3.59. The zero-order chi connectivity index (χ0) is 11.0. The van der Waals surface area contributed by atoms with E-state index in [0.717, 1.165) is 6.42 Å². The summed E-state index contributed by atoms with van der Waals surface area (Å²) in [7, 11) is 0. The van der Waals surface area contributed by atoms with E-state index < -0.39 is 0 Å². The van der Waals surface area contributed by atoms with Gasteiger partial charge < -0.3 is 10.8 Å². The molecule has 0 aliphatic heterocycles. The molecular formula is C11H27NO. The zero-order valence-corrected chi connectivity index (χ0v) is 10.0. The van der Waals surface area contributed by atoms with E-state index in [4.69, 9.17) is 5.73 Å². The molecule has 0 aromatic rings. The van der Waals surface area contributed by atoms with E-state index in [1.54, 1.807) is 0 Å². The minimum atomic E-state index is -0.357. The maximum atomic E-state index is 9.57. The van der Waals surface area contributed by atoms with Gasteiger partial charge in [-0.15, -0.1) is 0 Å². The fourth-order valence-corrected chi connectivity index (χ4v) is 1.19. The van der Waals surface area contributed by atoms with Crippen LogP contribution in [0, 0.1) is 11.8 Å². The third-order valence-corrected chi connectivity index (χ3v) is 2.62. The Labute approximate surface area is 83.5 Å². The lowest BCUT2D eigenvalue weighted by Crippen LogP contribution is -2.38. The molecule has 0 rings (SSSR count). The smallest absolute Gasteiger partial charge is 0.0716 e. The molecule has 2 nitrogen and oxygen atoms in total. The van der Waals surface area contributed by atoms with Crippen LogP contribution in [0.4, 0.5) is 0 Å². The average molecular weight is 189 g/mol. The van der Waals surface area contributed by atoms with E-state index in [-0.39, 0.29) is 12.1 Å². The molecule has 0 saturated carbocycles. The Morgan fingerprint density at radius 2 is 1.54 bits per heavy atom. The zero-order valence-electron chi connectivity index (χ0n) is 10.0. The Morgan fingerprint density at radius 1 is 1.15 bits per heavy atom. The number of hydrogen-bond acceptors (Lipinski definition) is 2. The van der Waals surface area contributed by atoms with Crippen molar-refractivity contribution in [3.8, 4) is 0 Å². The largest absolute Gasteiger partial charge is 0.391 e. The third kappa shape index (κ3) is 6.05. The van der Waals surface area contributed by atoms with Crippen LogP contribution < -0.4 is 5.73 Å². The molecule has 0 spiro atoms. The van der Waals surface area contributed by atoms with Gasteiger partial charge >= 0.3 is 0 Å². The van der Waals surface area contributed by atoms with Crippen molar-refractivity contribution < 1.29 is 5.11 Å². The summed E-state index contributed by atoms with van der Waals surface area (Å²) >= 11 is 0. The molecule has 4 unspecified atom stereocenters. The first kappa shape index (κ1) is 15.4. The van der Waals surface area contributed by atoms with Crippen LogP contribution in [0.15, 0.2) is 0 Å². The molecule has 0 aliphatic rings. The van der Waals surface area contributed by atoms with Gasteiger partial charge in [0.05, 0.1) is 6.10 Å². The topological polar surface area (TPSA) is 46.2 Å². The van der Waals surface area contributed by atoms with E-state index in [2.05, 4.69) is 20.8 Å². The van der Waals surface area contributed by atoms with Gasteiger partial charge in [-0.3, -0.25) is 0 Å². The summed E-state index contributed by atoms with van der Waals surface area (Å²) in [6, 6.07) is -0.112. The predicted molar refractivity (Wildman–Crippen MR) is 59.6 cm³/mol. The van der Waals surface area contributed by atoms with Crippen molar-refractivity contribution in [2.24, 2.45) is 17.6 Å². The van der Waals surface area contributed by atoms with E-state index in [0.29, 0.717) is 11.8 Å². The minimum Gasteiger partial charge on any atom is -0.391 e. The summed E-state index contributed by atoms with van der Waals surface area (Å²) in [5.74, 6) is 0.857. The quantitative estimate of drug-likeness (QED) is 0.713. The summed E-state index contributed by atoms with van der Waals surface area (Å²) in [5, 5.41) is 9.57. The van der Waals surface area contributed by atoms with Gasteiger partial charge in [-0.1, -0.05) is 41.0 Å². The van der Waals surface area contributed by atoms with Gasteiger partial charge in [0.15, 0.2) is 0 Å². The van der Waals surface area contributed by atoms with Gasteiger partial charge in [-0.2, -0.15) is 0 Å². The predicted octanol–water partition coefficient (Wildman–Crippen LogP) is 2.40. The molecule has 0 aromatic carbocycles. The van der Waals surface area contributed by atoms with Gasteiger partial charge in [0, 0.05) is 6.04 Å². The van der Waals surface area contributed by atoms with Crippen LogP contribution >= 0.6 is 0 Å². The van der Waals surface area contributed by atoms with Gasteiger partial charge in [0.25, 0.3) is 0 Å². The second kappa shape index (κ2) is 8.52. The number of hydrogen-bond donors (Lipinski definition) is 2. The number of aliphatic hydroxyl groups is 1. The SMILES string of the molecule is CC.CCC(C)C(C)C(O)C(C)N. The Morgan fingerprint density at radius 3 is 1.77 bits per heavy atom. The first-order valence-electron chi connectivity index (χ1n) is 5.44. The van der Waals surface area contributed by atoms with Crippen molar-refractivity contribution in [1.29, 1.82) is 0 Å². The molecule has 82 valence electrons. The molecule has 4 atom stereocenters. The normalized spacial score (nSPS) is 19.4. The molecular weight excluding hydrogens is 162 g/mol. The summed E-state index contributed by atoms with van der Waals surface area (Å²) < 4.78 is 0. The lowest BCUT2D eigenvalue weighted by atomic mass is 9.86. The Bertz CT molecular complexity index is 104. The van der Waals surface area contributed by atoms with Crippen LogP contribution in [0.1, 0.15) is 48.0 Å². The first-order valence-corrected chi connectivity index (χ1v) is 5.44. The van der Waals surface area contributed by atoms with Crippen molar-refractivity contribution in [3.05, 3.63) is 0 Å². The lowest BCUT2D eigenvalue weighted by Gasteiger charge is -2.26. The fraction of sp³-hybridized carbons (Fsp3) is 1.00. The molecule has 0 bridgehead atoms. The van der Waals surface area contributed by atoms with Crippen molar-refractivity contribution in [1.82, 2.24) is 0 Å². The highest BCUT2D eigenvalue weighted by Crippen LogP contribution is 2.19. The average Bonchev–Trinajstić information content (AvgIpc) is 2.17. The first-order chi connectivity index (χ1) is 6.00. The van der Waals surface area contributed by atoms with Crippen LogP contribution in [0.5, 0.6) is 0 Å². The van der Waals surface area contributed by atoms with E-state index in [1.807, 2.05) is 20.8 Å². The van der Waals surface area contributed by atoms with Gasteiger partial charge in [0.2, 0.25) is 0 Å². The highest BCUT2D eigenvalue weighted by atomic mass is 16.3. The second-order valence-corrected chi connectivity index (χ2v) is 3.59. The fourth-order valence-electron chi connectivity index (χ4n) is 1.19. The van der Waals surface area contributed by atoms with Crippen molar-refractivity contribution in [2.45, 2.75) is 60.1 Å². The molecule has 0 aromatic heterocycles.